The summed E-state index contributed by atoms with van der Waals surface area (Å²) in [6.07, 6.45) is 0. The lowest BCUT2D eigenvalue weighted by molar-refractivity contribution is 0.0511. The van der Waals surface area contributed by atoms with Gasteiger partial charge in [0.05, 0.1) is 0 Å². The van der Waals surface area contributed by atoms with Crippen molar-refractivity contribution < 1.29 is 9.47 Å². The largest absolute Gasteiger partial charge is 0.468 e. The maximum absolute atomic E-state index is 5.43. The molecule has 0 unspecified atom stereocenters. The molecule has 1 aromatic carbocycles. The summed E-state index contributed by atoms with van der Waals surface area (Å²) in [6, 6.07) is 7.62. The Labute approximate surface area is 72.1 Å². The number of methoxy groups -OCH3 is 1. The zero-order valence-electron chi connectivity index (χ0n) is 7.12. The van der Waals surface area contributed by atoms with Crippen molar-refractivity contribution >= 4 is 0 Å². The monoisotopic (exact) mass is 167 g/mol. The van der Waals surface area contributed by atoms with E-state index < -0.39 is 0 Å². The second-order valence-electron chi connectivity index (χ2n) is 2.40. The van der Waals surface area contributed by atoms with E-state index in [1.54, 1.807) is 7.11 Å². The molecule has 0 aromatic heterocycles. The van der Waals surface area contributed by atoms with Gasteiger partial charge >= 0.3 is 0 Å². The summed E-state index contributed by atoms with van der Waals surface area (Å²) in [5.74, 6) is 0.800. The van der Waals surface area contributed by atoms with Crippen LogP contribution in [0.2, 0.25) is 0 Å². The topological polar surface area (TPSA) is 44.5 Å². The molecule has 0 radical (unpaired) electrons. The molecule has 0 fully saturated rings. The maximum Gasteiger partial charge on any atom is 0.188 e. The van der Waals surface area contributed by atoms with Gasteiger partial charge in [-0.25, -0.2) is 0 Å². The first kappa shape index (κ1) is 9.03. The van der Waals surface area contributed by atoms with Gasteiger partial charge in [-0.2, -0.15) is 0 Å². The summed E-state index contributed by atoms with van der Waals surface area (Å²) in [6.45, 7) is 0.840. The molecule has 3 nitrogen and oxygen atoms in total. The number of hydrogen-bond donors (Lipinski definition) is 1. The Morgan fingerprint density at radius 3 is 2.42 bits per heavy atom. The van der Waals surface area contributed by atoms with Crippen LogP contribution in [0.5, 0.6) is 5.75 Å². The van der Waals surface area contributed by atoms with Crippen LogP contribution in [0.3, 0.4) is 0 Å². The van der Waals surface area contributed by atoms with E-state index in [1.165, 1.54) is 0 Å². The average molecular weight is 167 g/mol. The van der Waals surface area contributed by atoms with Crippen LogP contribution in [0, 0.1) is 0 Å². The van der Waals surface area contributed by atoms with Crippen molar-refractivity contribution in [2.45, 2.75) is 6.54 Å². The Bertz CT molecular complexity index is 220. The standard InChI is InChI=1S/C9H13NO2/c1-11-7-12-9-4-2-8(6-10)3-5-9/h2-5H,6-7,10H2,1H3. The van der Waals surface area contributed by atoms with Crippen molar-refractivity contribution in [2.24, 2.45) is 5.73 Å². The Balaban J connectivity index is 2.53. The molecule has 0 atom stereocenters. The van der Waals surface area contributed by atoms with Crippen molar-refractivity contribution in [3.63, 3.8) is 0 Å². The molecule has 0 saturated heterocycles. The Hall–Kier alpha value is -1.06. The van der Waals surface area contributed by atoms with E-state index in [4.69, 9.17) is 15.2 Å². The lowest BCUT2D eigenvalue weighted by Crippen LogP contribution is -1.99. The summed E-state index contributed by atoms with van der Waals surface area (Å²) >= 11 is 0. The van der Waals surface area contributed by atoms with E-state index in [1.807, 2.05) is 24.3 Å². The fourth-order valence-electron chi connectivity index (χ4n) is 0.849. The second kappa shape index (κ2) is 4.74. The molecule has 0 heterocycles. The van der Waals surface area contributed by atoms with Crippen molar-refractivity contribution in [1.82, 2.24) is 0 Å². The smallest absolute Gasteiger partial charge is 0.188 e. The molecular weight excluding hydrogens is 154 g/mol. The van der Waals surface area contributed by atoms with Gasteiger partial charge in [-0.15, -0.1) is 0 Å². The summed E-state index contributed by atoms with van der Waals surface area (Å²) < 4.78 is 9.95. The van der Waals surface area contributed by atoms with Gasteiger partial charge in [-0.1, -0.05) is 12.1 Å². The normalized spacial score (nSPS) is 9.83. The molecular formula is C9H13NO2. The van der Waals surface area contributed by atoms with Crippen molar-refractivity contribution in [2.75, 3.05) is 13.9 Å². The fraction of sp³-hybridized carbons (Fsp3) is 0.333. The molecule has 12 heavy (non-hydrogen) atoms. The molecule has 1 rings (SSSR count). The average Bonchev–Trinajstić information content (AvgIpc) is 2.15. The van der Waals surface area contributed by atoms with Crippen LogP contribution in [0.4, 0.5) is 0 Å². The lowest BCUT2D eigenvalue weighted by Gasteiger charge is -2.04. The van der Waals surface area contributed by atoms with E-state index in [0.29, 0.717) is 6.54 Å². The van der Waals surface area contributed by atoms with Crippen LogP contribution >= 0.6 is 0 Å². The Kier molecular flexibility index (Phi) is 3.57. The van der Waals surface area contributed by atoms with Gasteiger partial charge in [-0.3, -0.25) is 0 Å². The number of benzene rings is 1. The molecule has 1 aromatic rings. The van der Waals surface area contributed by atoms with Crippen LogP contribution in [0.15, 0.2) is 24.3 Å². The number of nitrogens with two attached hydrogens (primary N) is 1. The number of ether oxygens (including phenoxy) is 2. The molecule has 0 spiro atoms. The third-order valence-corrected chi connectivity index (χ3v) is 1.50. The van der Waals surface area contributed by atoms with Crippen molar-refractivity contribution in [3.05, 3.63) is 29.8 Å². The van der Waals surface area contributed by atoms with Gasteiger partial charge in [0.15, 0.2) is 6.79 Å². The number of rotatable bonds is 4. The zero-order valence-corrected chi connectivity index (χ0v) is 7.12. The quantitative estimate of drug-likeness (QED) is 0.683. The molecule has 0 aliphatic heterocycles. The molecule has 0 bridgehead atoms. The van der Waals surface area contributed by atoms with E-state index in [2.05, 4.69) is 0 Å². The van der Waals surface area contributed by atoms with E-state index in [0.717, 1.165) is 11.3 Å². The highest BCUT2D eigenvalue weighted by Gasteiger charge is 1.92. The maximum atomic E-state index is 5.43. The fourth-order valence-corrected chi connectivity index (χ4v) is 0.849. The third kappa shape index (κ3) is 2.53. The minimum absolute atomic E-state index is 0.280. The second-order valence-corrected chi connectivity index (χ2v) is 2.40. The zero-order chi connectivity index (χ0) is 8.81. The highest BCUT2D eigenvalue weighted by molar-refractivity contribution is 5.26. The van der Waals surface area contributed by atoms with Crippen molar-refractivity contribution in [3.8, 4) is 5.75 Å². The van der Waals surface area contributed by atoms with Crippen LogP contribution in [0.1, 0.15) is 5.56 Å². The first-order valence-electron chi connectivity index (χ1n) is 3.77. The minimum atomic E-state index is 0.280. The first-order chi connectivity index (χ1) is 5.86. The van der Waals surface area contributed by atoms with Crippen molar-refractivity contribution in [1.29, 1.82) is 0 Å². The lowest BCUT2D eigenvalue weighted by atomic mass is 10.2. The van der Waals surface area contributed by atoms with Crippen LogP contribution in [-0.2, 0) is 11.3 Å². The summed E-state index contributed by atoms with van der Waals surface area (Å²) in [4.78, 5) is 0. The third-order valence-electron chi connectivity index (χ3n) is 1.50. The van der Waals surface area contributed by atoms with Gasteiger partial charge < -0.3 is 15.2 Å². The highest BCUT2D eigenvalue weighted by Crippen LogP contribution is 2.11. The van der Waals surface area contributed by atoms with E-state index in [9.17, 15) is 0 Å². The predicted octanol–water partition coefficient (Wildman–Crippen LogP) is 1.13. The van der Waals surface area contributed by atoms with Gasteiger partial charge in [0, 0.05) is 13.7 Å². The summed E-state index contributed by atoms with van der Waals surface area (Å²) in [5, 5.41) is 0. The molecule has 0 saturated carbocycles. The molecule has 2 N–H and O–H groups in total. The Morgan fingerprint density at radius 2 is 1.92 bits per heavy atom. The van der Waals surface area contributed by atoms with Gasteiger partial charge in [-0.05, 0) is 17.7 Å². The number of hydrogen-bond acceptors (Lipinski definition) is 3. The summed E-state index contributed by atoms with van der Waals surface area (Å²) in [7, 11) is 1.59. The molecule has 66 valence electrons. The van der Waals surface area contributed by atoms with Gasteiger partial charge in [0.2, 0.25) is 0 Å². The van der Waals surface area contributed by atoms with Crippen LogP contribution in [0.25, 0.3) is 0 Å². The molecule has 0 aliphatic carbocycles. The molecule has 3 heteroatoms. The summed E-state index contributed by atoms with van der Waals surface area (Å²) in [5.41, 5.74) is 6.53. The van der Waals surface area contributed by atoms with E-state index in [-0.39, 0.29) is 6.79 Å². The SMILES string of the molecule is COCOc1ccc(CN)cc1. The minimum Gasteiger partial charge on any atom is -0.468 e. The molecule has 0 amide bonds. The Morgan fingerprint density at radius 1 is 1.25 bits per heavy atom. The molecule has 0 aliphatic rings. The predicted molar refractivity (Wildman–Crippen MR) is 46.8 cm³/mol. The van der Waals surface area contributed by atoms with Gasteiger partial charge in [0.1, 0.15) is 5.75 Å². The van der Waals surface area contributed by atoms with Crippen LogP contribution < -0.4 is 10.5 Å². The first-order valence-corrected chi connectivity index (χ1v) is 3.77. The van der Waals surface area contributed by atoms with E-state index >= 15 is 0 Å². The highest BCUT2D eigenvalue weighted by atomic mass is 16.7. The van der Waals surface area contributed by atoms with Crippen LogP contribution in [-0.4, -0.2) is 13.9 Å². The van der Waals surface area contributed by atoms with Gasteiger partial charge in [0.25, 0.3) is 0 Å².